The maximum absolute atomic E-state index is 6.03. The first-order chi connectivity index (χ1) is 14.2. The summed E-state index contributed by atoms with van der Waals surface area (Å²) in [5.74, 6) is 0.971. The van der Waals surface area contributed by atoms with Gasteiger partial charge in [0, 0.05) is 18.6 Å². The van der Waals surface area contributed by atoms with Gasteiger partial charge in [0.15, 0.2) is 0 Å². The molecule has 4 rings (SSSR count). The van der Waals surface area contributed by atoms with E-state index in [1.54, 1.807) is 0 Å². The van der Waals surface area contributed by atoms with Crippen molar-refractivity contribution in [1.29, 1.82) is 0 Å². The number of morpholine rings is 1. The molecule has 0 aromatic heterocycles. The van der Waals surface area contributed by atoms with Crippen LogP contribution in [0, 0.1) is 0 Å². The number of rotatable bonds is 5. The van der Waals surface area contributed by atoms with Crippen LogP contribution in [0.4, 0.5) is 0 Å². The van der Waals surface area contributed by atoms with Gasteiger partial charge in [-0.15, -0.1) is 0 Å². The number of nitrogens with one attached hydrogen (secondary N) is 1. The maximum Gasteiger partial charge on any atom is 0.120 e. The summed E-state index contributed by atoms with van der Waals surface area (Å²) >= 11 is 0. The van der Waals surface area contributed by atoms with Crippen LogP contribution < -0.4 is 10.1 Å². The first-order valence-corrected chi connectivity index (χ1v) is 10.9. The third-order valence-electron chi connectivity index (χ3n) is 6.00. The van der Waals surface area contributed by atoms with Crippen LogP contribution in [0.5, 0.6) is 5.75 Å². The molecule has 1 saturated carbocycles. The van der Waals surface area contributed by atoms with Crippen molar-refractivity contribution in [2.75, 3.05) is 40.4 Å². The summed E-state index contributed by atoms with van der Waals surface area (Å²) in [7, 11) is 4.42. The van der Waals surface area contributed by atoms with Gasteiger partial charge >= 0.3 is 0 Å². The van der Waals surface area contributed by atoms with E-state index in [0.29, 0.717) is 6.61 Å². The molecule has 0 bridgehead atoms. The van der Waals surface area contributed by atoms with E-state index in [0.717, 1.165) is 32.1 Å². The minimum atomic E-state index is 0.171. The van der Waals surface area contributed by atoms with Crippen LogP contribution in [0.1, 0.15) is 43.2 Å². The van der Waals surface area contributed by atoms with Gasteiger partial charge in [0.1, 0.15) is 12.4 Å². The Kier molecular flexibility index (Phi) is 8.53. The summed E-state index contributed by atoms with van der Waals surface area (Å²) in [4.78, 5) is 2.41. The first-order valence-electron chi connectivity index (χ1n) is 10.9. The Morgan fingerprint density at radius 1 is 0.931 bits per heavy atom. The molecule has 2 aliphatic rings. The van der Waals surface area contributed by atoms with Crippen molar-refractivity contribution >= 4 is 0 Å². The van der Waals surface area contributed by atoms with Crippen LogP contribution in [0.25, 0.3) is 0 Å². The molecule has 0 spiro atoms. The Morgan fingerprint density at radius 3 is 2.24 bits per heavy atom. The van der Waals surface area contributed by atoms with Gasteiger partial charge in [0.05, 0.1) is 13.2 Å². The molecule has 2 fully saturated rings. The van der Waals surface area contributed by atoms with Crippen LogP contribution >= 0.6 is 0 Å². The molecule has 1 N–H and O–H groups in total. The highest BCUT2D eigenvalue weighted by atomic mass is 16.5. The Hall–Kier alpha value is -1.88. The fraction of sp³-hybridized carbons (Fsp3) is 0.520. The molecule has 158 valence electrons. The molecule has 29 heavy (non-hydrogen) atoms. The minimum absolute atomic E-state index is 0.171. The molecule has 0 unspecified atom stereocenters. The summed E-state index contributed by atoms with van der Waals surface area (Å²) in [5, 5.41) is 3.16. The van der Waals surface area contributed by atoms with Gasteiger partial charge in [0.2, 0.25) is 0 Å². The topological polar surface area (TPSA) is 33.7 Å². The zero-order chi connectivity index (χ0) is 20.4. The average molecular weight is 397 g/mol. The molecule has 2 aromatic carbocycles. The SMILES string of the molecule is C1COCCN1.CN(C)C1(c2cccc(OCc3ccccc3)c2)CCCCC1. The van der Waals surface area contributed by atoms with Gasteiger partial charge in [-0.3, -0.25) is 4.90 Å². The van der Waals surface area contributed by atoms with Crippen molar-refractivity contribution in [3.05, 3.63) is 65.7 Å². The number of nitrogens with zero attached hydrogens (tertiary/aromatic N) is 1. The molecule has 0 amide bonds. The number of benzene rings is 2. The highest BCUT2D eigenvalue weighted by Crippen LogP contribution is 2.41. The van der Waals surface area contributed by atoms with Crippen molar-refractivity contribution in [2.24, 2.45) is 0 Å². The summed E-state index contributed by atoms with van der Waals surface area (Å²) < 4.78 is 11.0. The number of ether oxygens (including phenoxy) is 2. The summed E-state index contributed by atoms with van der Waals surface area (Å²) in [5.41, 5.74) is 2.77. The van der Waals surface area contributed by atoms with Crippen molar-refractivity contribution in [2.45, 2.75) is 44.2 Å². The quantitative estimate of drug-likeness (QED) is 0.801. The summed E-state index contributed by atoms with van der Waals surface area (Å²) in [6, 6.07) is 19.1. The third kappa shape index (κ3) is 6.30. The van der Waals surface area contributed by atoms with E-state index in [4.69, 9.17) is 9.47 Å². The van der Waals surface area contributed by atoms with Crippen LogP contribution in [-0.2, 0) is 16.9 Å². The van der Waals surface area contributed by atoms with Crippen molar-refractivity contribution in [3.63, 3.8) is 0 Å². The maximum atomic E-state index is 6.03. The molecular weight excluding hydrogens is 360 g/mol. The molecule has 2 aromatic rings. The fourth-order valence-corrected chi connectivity index (χ4v) is 4.26. The van der Waals surface area contributed by atoms with Gasteiger partial charge in [-0.25, -0.2) is 0 Å². The zero-order valence-corrected chi connectivity index (χ0v) is 18.0. The first kappa shape index (κ1) is 21.8. The molecule has 0 radical (unpaired) electrons. The average Bonchev–Trinajstić information content (AvgIpc) is 2.80. The second-order valence-electron chi connectivity index (χ2n) is 8.15. The van der Waals surface area contributed by atoms with Crippen LogP contribution in [0.2, 0.25) is 0 Å². The normalized spacial score (nSPS) is 18.6. The van der Waals surface area contributed by atoms with Crippen molar-refractivity contribution in [3.8, 4) is 5.75 Å². The lowest BCUT2D eigenvalue weighted by Crippen LogP contribution is -2.43. The standard InChI is InChI=1S/C21H27NO.C4H9NO/c1-22(2)21(14-7-4-8-15-21)19-12-9-13-20(16-19)23-17-18-10-5-3-6-11-18;1-3-6-4-2-5-1/h3,5-6,9-13,16H,4,7-8,14-15,17H2,1-2H3;5H,1-4H2. The summed E-state index contributed by atoms with van der Waals surface area (Å²) in [6.45, 7) is 4.46. The molecule has 1 aliphatic heterocycles. The third-order valence-corrected chi connectivity index (χ3v) is 6.00. The lowest BCUT2D eigenvalue weighted by Gasteiger charge is -2.43. The molecule has 4 nitrogen and oxygen atoms in total. The van der Waals surface area contributed by atoms with E-state index < -0.39 is 0 Å². The van der Waals surface area contributed by atoms with Crippen LogP contribution in [0.3, 0.4) is 0 Å². The molecule has 4 heteroatoms. The van der Waals surface area contributed by atoms with E-state index in [1.165, 1.54) is 43.2 Å². The number of hydrogen-bond acceptors (Lipinski definition) is 4. The van der Waals surface area contributed by atoms with Gasteiger partial charge in [-0.05, 0) is 50.2 Å². The largest absolute Gasteiger partial charge is 0.489 e. The predicted molar refractivity (Wildman–Crippen MR) is 119 cm³/mol. The van der Waals surface area contributed by atoms with Gasteiger partial charge in [-0.1, -0.05) is 61.7 Å². The lowest BCUT2D eigenvalue weighted by molar-refractivity contribution is 0.0984. The van der Waals surface area contributed by atoms with E-state index in [2.05, 4.69) is 72.8 Å². The second-order valence-corrected chi connectivity index (χ2v) is 8.15. The zero-order valence-electron chi connectivity index (χ0n) is 18.0. The predicted octanol–water partition coefficient (Wildman–Crippen LogP) is 4.59. The highest BCUT2D eigenvalue weighted by Gasteiger charge is 2.36. The van der Waals surface area contributed by atoms with E-state index in [9.17, 15) is 0 Å². The molecular formula is C25H36N2O2. The van der Waals surface area contributed by atoms with Crippen molar-refractivity contribution < 1.29 is 9.47 Å². The van der Waals surface area contributed by atoms with E-state index in [1.807, 2.05) is 6.07 Å². The van der Waals surface area contributed by atoms with Crippen molar-refractivity contribution in [1.82, 2.24) is 10.2 Å². The molecule has 1 saturated heterocycles. The molecule has 0 atom stereocenters. The Labute approximate surface area is 176 Å². The second kappa shape index (κ2) is 11.3. The van der Waals surface area contributed by atoms with Gasteiger partial charge in [0.25, 0.3) is 0 Å². The Bertz CT molecular complexity index is 696. The molecule has 1 aliphatic carbocycles. The smallest absolute Gasteiger partial charge is 0.120 e. The van der Waals surface area contributed by atoms with Gasteiger partial charge < -0.3 is 14.8 Å². The highest BCUT2D eigenvalue weighted by molar-refractivity contribution is 5.34. The van der Waals surface area contributed by atoms with Gasteiger partial charge in [-0.2, -0.15) is 0 Å². The van der Waals surface area contributed by atoms with Crippen LogP contribution in [0.15, 0.2) is 54.6 Å². The van der Waals surface area contributed by atoms with E-state index >= 15 is 0 Å². The minimum Gasteiger partial charge on any atom is -0.489 e. The lowest BCUT2D eigenvalue weighted by atomic mass is 9.75. The Balaban J connectivity index is 0.000000343. The fourth-order valence-electron chi connectivity index (χ4n) is 4.26. The van der Waals surface area contributed by atoms with E-state index in [-0.39, 0.29) is 5.54 Å². The van der Waals surface area contributed by atoms with Crippen LogP contribution in [-0.4, -0.2) is 45.3 Å². The summed E-state index contributed by atoms with van der Waals surface area (Å²) in [6.07, 6.45) is 6.46. The monoisotopic (exact) mass is 396 g/mol. The Morgan fingerprint density at radius 2 is 1.66 bits per heavy atom. The number of hydrogen-bond donors (Lipinski definition) is 1. The molecule has 1 heterocycles.